The summed E-state index contributed by atoms with van der Waals surface area (Å²) in [6.45, 7) is 0. The van der Waals surface area contributed by atoms with E-state index in [0.29, 0.717) is 28.3 Å². The van der Waals surface area contributed by atoms with Crippen LogP contribution in [0.1, 0.15) is 11.1 Å². The van der Waals surface area contributed by atoms with Crippen LogP contribution in [0, 0.1) is 0 Å². The van der Waals surface area contributed by atoms with Crippen molar-refractivity contribution < 1.29 is 14.7 Å². The molecule has 0 atom stereocenters. The van der Waals surface area contributed by atoms with Crippen LogP contribution in [0.4, 0.5) is 16.3 Å². The summed E-state index contributed by atoms with van der Waals surface area (Å²) < 4.78 is 0.917. The fourth-order valence-corrected chi connectivity index (χ4v) is 3.33. The molecule has 4 rings (SSSR count). The molecule has 8 heteroatoms. The van der Waals surface area contributed by atoms with Crippen molar-refractivity contribution in [2.75, 3.05) is 10.6 Å². The number of urea groups is 1. The number of aliphatic carboxylic acids is 1. The highest BCUT2D eigenvalue weighted by Gasteiger charge is 2.13. The Bertz CT molecular complexity index is 1280. The predicted octanol–water partition coefficient (Wildman–Crippen LogP) is 5.59. The fourth-order valence-electron chi connectivity index (χ4n) is 3.07. The summed E-state index contributed by atoms with van der Waals surface area (Å²) in [4.78, 5) is 31.4. The van der Waals surface area contributed by atoms with Gasteiger partial charge in [0.2, 0.25) is 0 Å². The van der Waals surface area contributed by atoms with Gasteiger partial charge in [-0.1, -0.05) is 46.3 Å². The number of carboxylic acid groups (broad SMARTS) is 1. The van der Waals surface area contributed by atoms with E-state index in [4.69, 9.17) is 0 Å². The Kier molecular flexibility index (Phi) is 5.81. The number of carboxylic acids is 1. The molecule has 154 valence electrons. The Morgan fingerprint density at radius 1 is 0.968 bits per heavy atom. The van der Waals surface area contributed by atoms with Crippen LogP contribution < -0.4 is 10.6 Å². The standard InChI is InChI=1S/C23H17BrN4O3/c24-16-6-8-17(9-7-16)26-23(31)28-20-11-10-18-15(13-25-21(18)27-20)12-19(22(29)30)14-4-2-1-3-5-14/h1-13H,(H,29,30)(H3,25,26,27,28,31)/b19-12+. The van der Waals surface area contributed by atoms with Crippen molar-refractivity contribution in [3.8, 4) is 0 Å². The molecule has 0 saturated carbocycles. The monoisotopic (exact) mass is 476 g/mol. The predicted molar refractivity (Wildman–Crippen MR) is 125 cm³/mol. The normalized spacial score (nSPS) is 11.3. The van der Waals surface area contributed by atoms with Gasteiger partial charge in [-0.15, -0.1) is 0 Å². The molecule has 2 amide bonds. The van der Waals surface area contributed by atoms with Gasteiger partial charge in [-0.05, 0) is 48.0 Å². The number of rotatable bonds is 5. The number of anilines is 2. The molecule has 2 aromatic carbocycles. The third-order valence-corrected chi connectivity index (χ3v) is 5.06. The van der Waals surface area contributed by atoms with E-state index in [0.717, 1.165) is 9.86 Å². The largest absolute Gasteiger partial charge is 0.478 e. The number of benzene rings is 2. The lowest BCUT2D eigenvalue weighted by Gasteiger charge is -2.07. The average molecular weight is 477 g/mol. The molecule has 7 nitrogen and oxygen atoms in total. The summed E-state index contributed by atoms with van der Waals surface area (Å²) in [5, 5.41) is 15.8. The number of nitrogens with one attached hydrogen (secondary N) is 3. The van der Waals surface area contributed by atoms with E-state index in [-0.39, 0.29) is 5.57 Å². The summed E-state index contributed by atoms with van der Waals surface area (Å²) in [6.07, 6.45) is 3.29. The molecule has 4 N–H and O–H groups in total. The lowest BCUT2D eigenvalue weighted by molar-refractivity contribution is -0.130. The van der Waals surface area contributed by atoms with E-state index >= 15 is 0 Å². The number of pyridine rings is 1. The molecule has 0 unspecified atom stereocenters. The number of hydrogen-bond acceptors (Lipinski definition) is 3. The summed E-state index contributed by atoms with van der Waals surface area (Å²) in [7, 11) is 0. The molecule has 0 fully saturated rings. The zero-order valence-electron chi connectivity index (χ0n) is 16.1. The van der Waals surface area contributed by atoms with Crippen molar-refractivity contribution in [2.45, 2.75) is 0 Å². The zero-order valence-corrected chi connectivity index (χ0v) is 17.7. The van der Waals surface area contributed by atoms with Crippen molar-refractivity contribution >= 4 is 62.1 Å². The highest BCUT2D eigenvalue weighted by molar-refractivity contribution is 9.10. The van der Waals surface area contributed by atoms with Gasteiger partial charge in [0.15, 0.2) is 0 Å². The van der Waals surface area contributed by atoms with Gasteiger partial charge in [0.05, 0.1) is 5.57 Å². The minimum absolute atomic E-state index is 0.178. The second kappa shape index (κ2) is 8.85. The second-order valence-corrected chi connectivity index (χ2v) is 7.57. The fraction of sp³-hybridized carbons (Fsp3) is 0. The molecular formula is C23H17BrN4O3. The van der Waals surface area contributed by atoms with Crippen molar-refractivity contribution in [1.29, 1.82) is 0 Å². The minimum Gasteiger partial charge on any atom is -0.478 e. The van der Waals surface area contributed by atoms with Gasteiger partial charge >= 0.3 is 12.0 Å². The van der Waals surface area contributed by atoms with Gasteiger partial charge in [0, 0.05) is 27.3 Å². The number of carbonyl (C=O) groups is 2. The number of nitrogens with zero attached hydrogens (tertiary/aromatic N) is 1. The van der Waals surface area contributed by atoms with E-state index in [1.165, 1.54) is 0 Å². The van der Waals surface area contributed by atoms with Crippen molar-refractivity contribution in [1.82, 2.24) is 9.97 Å². The summed E-state index contributed by atoms with van der Waals surface area (Å²) in [5.74, 6) is -0.655. The summed E-state index contributed by atoms with van der Waals surface area (Å²) in [6, 6.07) is 19.1. The van der Waals surface area contributed by atoms with Gasteiger partial charge in [0.1, 0.15) is 11.5 Å². The molecule has 0 aliphatic carbocycles. The van der Waals surface area contributed by atoms with E-state index in [2.05, 4.69) is 36.5 Å². The number of hydrogen-bond donors (Lipinski definition) is 4. The summed E-state index contributed by atoms with van der Waals surface area (Å²) in [5.41, 5.74) is 2.66. The highest BCUT2D eigenvalue weighted by atomic mass is 79.9. The van der Waals surface area contributed by atoms with Gasteiger partial charge in [0.25, 0.3) is 0 Å². The van der Waals surface area contributed by atoms with Crippen molar-refractivity contribution in [2.24, 2.45) is 0 Å². The Hall–Kier alpha value is -3.91. The maximum absolute atomic E-state index is 12.2. The van der Waals surface area contributed by atoms with Crippen molar-refractivity contribution in [3.05, 3.63) is 88.5 Å². The first-order chi connectivity index (χ1) is 15.0. The third-order valence-electron chi connectivity index (χ3n) is 4.53. The number of aromatic nitrogens is 2. The molecule has 31 heavy (non-hydrogen) atoms. The van der Waals surface area contributed by atoms with Gasteiger partial charge in [-0.2, -0.15) is 0 Å². The molecular weight excluding hydrogens is 460 g/mol. The number of H-pyrrole nitrogens is 1. The van der Waals surface area contributed by atoms with Crippen LogP contribution in [0.25, 0.3) is 22.7 Å². The van der Waals surface area contributed by atoms with E-state index in [1.54, 1.807) is 60.8 Å². The Labute approximate surface area is 186 Å². The lowest BCUT2D eigenvalue weighted by atomic mass is 10.0. The minimum atomic E-state index is -1.02. The van der Waals surface area contributed by atoms with Crippen LogP contribution in [0.15, 0.2) is 77.4 Å². The summed E-state index contributed by atoms with van der Waals surface area (Å²) >= 11 is 3.35. The number of fused-ring (bicyclic) bond motifs is 1. The molecule has 0 aliphatic rings. The molecule has 0 spiro atoms. The first-order valence-electron chi connectivity index (χ1n) is 9.32. The quantitative estimate of drug-likeness (QED) is 0.281. The first kappa shape index (κ1) is 20.4. The maximum Gasteiger partial charge on any atom is 0.336 e. The number of halogens is 1. The van der Waals surface area contributed by atoms with E-state index < -0.39 is 12.0 Å². The maximum atomic E-state index is 12.2. The lowest BCUT2D eigenvalue weighted by Crippen LogP contribution is -2.20. The first-order valence-corrected chi connectivity index (χ1v) is 10.1. The molecule has 2 heterocycles. The molecule has 4 aromatic rings. The van der Waals surface area contributed by atoms with Gasteiger partial charge in [-0.3, -0.25) is 5.32 Å². The van der Waals surface area contributed by atoms with E-state index in [1.807, 2.05) is 18.2 Å². The average Bonchev–Trinajstić information content (AvgIpc) is 3.16. The van der Waals surface area contributed by atoms with Crippen LogP contribution in [0.5, 0.6) is 0 Å². The van der Waals surface area contributed by atoms with Crippen LogP contribution >= 0.6 is 15.9 Å². The molecule has 0 saturated heterocycles. The number of carbonyl (C=O) groups excluding carboxylic acids is 1. The second-order valence-electron chi connectivity index (χ2n) is 6.65. The van der Waals surface area contributed by atoms with Crippen LogP contribution in [0.2, 0.25) is 0 Å². The molecule has 2 aromatic heterocycles. The van der Waals surface area contributed by atoms with Crippen LogP contribution in [0.3, 0.4) is 0 Å². The highest BCUT2D eigenvalue weighted by Crippen LogP contribution is 2.25. The number of amides is 2. The van der Waals surface area contributed by atoms with Gasteiger partial charge < -0.3 is 15.4 Å². The third kappa shape index (κ3) is 4.81. The smallest absolute Gasteiger partial charge is 0.336 e. The number of aromatic amines is 1. The van der Waals surface area contributed by atoms with E-state index in [9.17, 15) is 14.7 Å². The van der Waals surface area contributed by atoms with Gasteiger partial charge in [-0.25, -0.2) is 14.6 Å². The van der Waals surface area contributed by atoms with Crippen molar-refractivity contribution in [3.63, 3.8) is 0 Å². The Morgan fingerprint density at radius 2 is 1.71 bits per heavy atom. The van der Waals surface area contributed by atoms with Crippen LogP contribution in [-0.4, -0.2) is 27.1 Å². The molecule has 0 radical (unpaired) electrons. The SMILES string of the molecule is O=C(Nc1ccc(Br)cc1)Nc1ccc2c(/C=C(/C(=O)O)c3ccccc3)c[nH]c2n1. The van der Waals surface area contributed by atoms with Crippen LogP contribution in [-0.2, 0) is 4.79 Å². The zero-order chi connectivity index (χ0) is 21.8. The Balaban J connectivity index is 1.56. The Morgan fingerprint density at radius 3 is 2.42 bits per heavy atom. The topological polar surface area (TPSA) is 107 Å². The molecule has 0 aliphatic heterocycles. The molecule has 0 bridgehead atoms.